The number of nitrogens with one attached hydrogen (secondary N) is 1. The van der Waals surface area contributed by atoms with E-state index >= 15 is 0 Å². The smallest absolute Gasteiger partial charge is 0.236 e. The standard InChI is InChI=1S/C19H20N4S2.C10H22N2O/c1-5-16-17(10-20)13(2)22-19(18(16)11-21)25-12-14-6-8-15(9-7-14)23(3)24-4;1-4-6-9(7-5-2)12-10(13)8(3)11/h6-9H,5,12H2,1-4H3;8-9H,4-7,11H2,1-3H3,(H,12,13). The molecular formula is C29H42N6OS2. The lowest BCUT2D eigenvalue weighted by Gasteiger charge is -2.18. The fraction of sp³-hybridized carbons (Fsp3) is 0.517. The zero-order chi connectivity index (χ0) is 28.7. The summed E-state index contributed by atoms with van der Waals surface area (Å²) in [5.41, 5.74) is 10.4. The summed E-state index contributed by atoms with van der Waals surface area (Å²) in [5.74, 6) is 0.700. The molecule has 1 atom stereocenters. The van der Waals surface area contributed by atoms with E-state index in [1.165, 1.54) is 5.56 Å². The summed E-state index contributed by atoms with van der Waals surface area (Å²) >= 11 is 3.21. The van der Waals surface area contributed by atoms with Gasteiger partial charge in [-0.05, 0) is 56.4 Å². The van der Waals surface area contributed by atoms with Crippen molar-refractivity contribution >= 4 is 35.3 Å². The quantitative estimate of drug-likeness (QED) is 0.238. The van der Waals surface area contributed by atoms with Crippen LogP contribution in [0.15, 0.2) is 29.3 Å². The van der Waals surface area contributed by atoms with Crippen molar-refractivity contribution in [2.45, 2.75) is 89.6 Å². The number of pyridine rings is 1. The highest BCUT2D eigenvalue weighted by Crippen LogP contribution is 2.30. The van der Waals surface area contributed by atoms with Gasteiger partial charge < -0.3 is 15.4 Å². The first-order valence-electron chi connectivity index (χ1n) is 13.1. The van der Waals surface area contributed by atoms with Crippen molar-refractivity contribution in [3.63, 3.8) is 0 Å². The predicted molar refractivity (Wildman–Crippen MR) is 161 cm³/mol. The molecule has 0 aliphatic rings. The van der Waals surface area contributed by atoms with Crippen molar-refractivity contribution in [3.05, 3.63) is 52.2 Å². The monoisotopic (exact) mass is 554 g/mol. The third-order valence-electron chi connectivity index (χ3n) is 6.01. The lowest BCUT2D eigenvalue weighted by Crippen LogP contribution is -2.43. The number of aryl methyl sites for hydroxylation is 1. The number of anilines is 1. The molecule has 0 fully saturated rings. The number of carbonyl (C=O) groups is 1. The van der Waals surface area contributed by atoms with Gasteiger partial charge in [-0.15, -0.1) is 11.8 Å². The molecule has 9 heteroatoms. The van der Waals surface area contributed by atoms with Crippen LogP contribution in [0.3, 0.4) is 0 Å². The van der Waals surface area contributed by atoms with Crippen LogP contribution in [0.4, 0.5) is 5.69 Å². The van der Waals surface area contributed by atoms with Gasteiger partial charge in [0.2, 0.25) is 5.91 Å². The van der Waals surface area contributed by atoms with Crippen LogP contribution in [-0.2, 0) is 17.0 Å². The van der Waals surface area contributed by atoms with E-state index < -0.39 is 6.04 Å². The SMILES string of the molecule is CCCC(CCC)NC(=O)C(C)N.CCc1c(C#N)c(C)nc(SCc2ccc(N(C)SC)cc2)c1C#N. The number of carbonyl (C=O) groups excluding carboxylic acids is 1. The number of rotatable bonds is 12. The van der Waals surface area contributed by atoms with Crippen LogP contribution in [0.25, 0.3) is 0 Å². The molecule has 0 bridgehead atoms. The van der Waals surface area contributed by atoms with Gasteiger partial charge in [0.05, 0.1) is 22.9 Å². The topological polar surface area (TPSA) is 119 Å². The van der Waals surface area contributed by atoms with Gasteiger partial charge >= 0.3 is 0 Å². The van der Waals surface area contributed by atoms with E-state index in [4.69, 9.17) is 5.73 Å². The van der Waals surface area contributed by atoms with Crippen molar-refractivity contribution in [1.29, 1.82) is 10.5 Å². The molecule has 1 amide bonds. The summed E-state index contributed by atoms with van der Waals surface area (Å²) in [5, 5.41) is 22.5. The first kappa shape index (κ1) is 33.3. The molecule has 38 heavy (non-hydrogen) atoms. The van der Waals surface area contributed by atoms with Gasteiger partial charge in [0.15, 0.2) is 0 Å². The molecule has 0 saturated carbocycles. The van der Waals surface area contributed by atoms with Crippen LogP contribution >= 0.6 is 23.7 Å². The number of nitriles is 2. The lowest BCUT2D eigenvalue weighted by atomic mass is 10.0. The lowest BCUT2D eigenvalue weighted by molar-refractivity contribution is -0.122. The summed E-state index contributed by atoms with van der Waals surface area (Å²) in [4.78, 5) is 15.8. The van der Waals surface area contributed by atoms with Crippen molar-refractivity contribution in [2.75, 3.05) is 17.6 Å². The van der Waals surface area contributed by atoms with Gasteiger partial charge in [-0.3, -0.25) is 4.79 Å². The molecule has 3 N–H and O–H groups in total. The molecule has 2 rings (SSSR count). The van der Waals surface area contributed by atoms with Gasteiger partial charge in [0, 0.05) is 30.8 Å². The Kier molecular flexibility index (Phi) is 15.5. The van der Waals surface area contributed by atoms with Crippen LogP contribution in [0.5, 0.6) is 0 Å². The highest BCUT2D eigenvalue weighted by atomic mass is 32.2. The Morgan fingerprint density at radius 1 is 1.11 bits per heavy atom. The molecule has 0 spiro atoms. The van der Waals surface area contributed by atoms with Gasteiger partial charge in [-0.25, -0.2) is 4.98 Å². The second kappa shape index (κ2) is 17.7. The molecule has 1 unspecified atom stereocenters. The summed E-state index contributed by atoms with van der Waals surface area (Å²) in [7, 11) is 2.03. The Morgan fingerprint density at radius 2 is 1.68 bits per heavy atom. The van der Waals surface area contributed by atoms with E-state index in [0.29, 0.717) is 34.3 Å². The maximum atomic E-state index is 11.3. The van der Waals surface area contributed by atoms with Gasteiger partial charge in [-0.1, -0.05) is 57.7 Å². The Balaban J connectivity index is 0.000000471. The summed E-state index contributed by atoms with van der Waals surface area (Å²) in [6.45, 7) is 9.76. The number of nitrogens with zero attached hydrogens (tertiary/aromatic N) is 4. The fourth-order valence-electron chi connectivity index (χ4n) is 3.84. The summed E-state index contributed by atoms with van der Waals surface area (Å²) < 4.78 is 2.10. The van der Waals surface area contributed by atoms with Crippen LogP contribution in [0.1, 0.15) is 81.3 Å². The normalized spacial score (nSPS) is 11.1. The van der Waals surface area contributed by atoms with E-state index in [2.05, 4.69) is 64.9 Å². The third-order valence-corrected chi connectivity index (χ3v) is 7.81. The predicted octanol–water partition coefficient (Wildman–Crippen LogP) is 6.12. The van der Waals surface area contributed by atoms with Crippen molar-refractivity contribution in [3.8, 4) is 12.1 Å². The Bertz CT molecular complexity index is 1100. The molecule has 1 aromatic heterocycles. The molecule has 2 aromatic rings. The van der Waals surface area contributed by atoms with Crippen LogP contribution < -0.4 is 15.4 Å². The van der Waals surface area contributed by atoms with E-state index in [1.807, 2.05) is 27.2 Å². The molecule has 1 heterocycles. The van der Waals surface area contributed by atoms with E-state index in [0.717, 1.165) is 42.7 Å². The van der Waals surface area contributed by atoms with Crippen molar-refractivity contribution in [2.24, 2.45) is 5.73 Å². The van der Waals surface area contributed by atoms with E-state index in [9.17, 15) is 15.3 Å². The first-order valence-corrected chi connectivity index (χ1v) is 15.2. The van der Waals surface area contributed by atoms with Gasteiger partial charge in [-0.2, -0.15) is 10.5 Å². The van der Waals surface area contributed by atoms with Gasteiger partial charge in [0.1, 0.15) is 17.2 Å². The molecule has 7 nitrogen and oxygen atoms in total. The average Bonchev–Trinajstić information content (AvgIpc) is 2.91. The van der Waals surface area contributed by atoms with Crippen molar-refractivity contribution in [1.82, 2.24) is 10.3 Å². The molecule has 0 aliphatic carbocycles. The maximum Gasteiger partial charge on any atom is 0.236 e. The Morgan fingerprint density at radius 3 is 2.13 bits per heavy atom. The summed E-state index contributed by atoms with van der Waals surface area (Å²) in [6, 6.07) is 12.7. The highest BCUT2D eigenvalue weighted by molar-refractivity contribution is 7.99. The molecule has 206 valence electrons. The number of thioether (sulfide) groups is 1. The van der Waals surface area contributed by atoms with Crippen LogP contribution in [0, 0.1) is 29.6 Å². The highest BCUT2D eigenvalue weighted by Gasteiger charge is 2.17. The number of hydrogen-bond donors (Lipinski definition) is 2. The second-order valence-corrected chi connectivity index (χ2v) is 10.9. The molecule has 1 aromatic carbocycles. The number of nitrogens with two attached hydrogens (primary N) is 1. The zero-order valence-corrected chi connectivity index (χ0v) is 25.4. The minimum atomic E-state index is -0.392. The first-order chi connectivity index (χ1) is 18.2. The minimum Gasteiger partial charge on any atom is -0.352 e. The van der Waals surface area contributed by atoms with Crippen molar-refractivity contribution < 1.29 is 4.79 Å². The number of aromatic nitrogens is 1. The Labute approximate surface area is 237 Å². The van der Waals surface area contributed by atoms with Crippen LogP contribution in [-0.4, -0.2) is 36.3 Å². The average molecular weight is 555 g/mol. The maximum absolute atomic E-state index is 11.3. The largest absolute Gasteiger partial charge is 0.352 e. The number of hydrogen-bond acceptors (Lipinski definition) is 8. The van der Waals surface area contributed by atoms with E-state index in [1.54, 1.807) is 30.6 Å². The zero-order valence-electron chi connectivity index (χ0n) is 23.8. The molecule has 0 aliphatic heterocycles. The molecule has 0 saturated heterocycles. The van der Waals surface area contributed by atoms with Gasteiger partial charge in [0.25, 0.3) is 0 Å². The third kappa shape index (κ3) is 10.2. The number of amides is 1. The fourth-order valence-corrected chi connectivity index (χ4v) is 5.18. The molecular weight excluding hydrogens is 512 g/mol. The number of benzene rings is 1. The summed E-state index contributed by atoms with van der Waals surface area (Å²) in [6.07, 6.45) is 6.99. The Hall–Kier alpha value is -2.72. The second-order valence-electron chi connectivity index (χ2n) is 9.01. The minimum absolute atomic E-state index is 0.0353. The van der Waals surface area contributed by atoms with Crippen LogP contribution in [0.2, 0.25) is 0 Å². The van der Waals surface area contributed by atoms with E-state index in [-0.39, 0.29) is 5.91 Å². The molecule has 0 radical (unpaired) electrons.